The van der Waals surface area contributed by atoms with Gasteiger partial charge in [0.05, 0.1) is 18.8 Å². The number of aromatic nitrogens is 1. The van der Waals surface area contributed by atoms with Gasteiger partial charge in [0.1, 0.15) is 5.76 Å². The number of rotatable bonds is 7. The summed E-state index contributed by atoms with van der Waals surface area (Å²) < 4.78 is 10.1. The number of carbonyl (C=O) groups excluding carboxylic acids is 1. The molecule has 7 heteroatoms. The van der Waals surface area contributed by atoms with Gasteiger partial charge in [-0.2, -0.15) is 0 Å². The fourth-order valence-electron chi connectivity index (χ4n) is 2.59. The number of hydrogen-bond acceptors (Lipinski definition) is 6. The standard InChI is InChI=1S/C15H26N4O3/c1-12-14(13(2)22-17-12)11-18-5-7-19(8-6-18)15(20)10-16-4-9-21-3/h16H,4-11H2,1-3H3. The minimum absolute atomic E-state index is 0.160. The molecule has 1 aromatic rings. The van der Waals surface area contributed by atoms with E-state index < -0.39 is 0 Å². The third-order valence-corrected chi connectivity index (χ3v) is 4.05. The molecular formula is C15H26N4O3. The van der Waals surface area contributed by atoms with Crippen LogP contribution in [0.1, 0.15) is 17.0 Å². The molecule has 0 atom stereocenters. The van der Waals surface area contributed by atoms with E-state index in [2.05, 4.69) is 15.4 Å². The van der Waals surface area contributed by atoms with Crippen LogP contribution in [0.2, 0.25) is 0 Å². The number of piperazine rings is 1. The van der Waals surface area contributed by atoms with E-state index in [1.54, 1.807) is 7.11 Å². The Morgan fingerprint density at radius 2 is 2.05 bits per heavy atom. The van der Waals surface area contributed by atoms with Gasteiger partial charge < -0.3 is 19.5 Å². The topological polar surface area (TPSA) is 70.8 Å². The molecule has 0 aromatic carbocycles. The van der Waals surface area contributed by atoms with E-state index in [9.17, 15) is 4.79 Å². The zero-order valence-electron chi connectivity index (χ0n) is 13.7. The lowest BCUT2D eigenvalue weighted by atomic mass is 10.2. The van der Waals surface area contributed by atoms with Gasteiger partial charge in [0.2, 0.25) is 5.91 Å². The summed E-state index contributed by atoms with van der Waals surface area (Å²) in [7, 11) is 1.65. The lowest BCUT2D eigenvalue weighted by Gasteiger charge is -2.34. The molecule has 0 spiro atoms. The molecular weight excluding hydrogens is 284 g/mol. The first kappa shape index (κ1) is 16.9. The molecule has 1 saturated heterocycles. The van der Waals surface area contributed by atoms with Crippen LogP contribution >= 0.6 is 0 Å². The largest absolute Gasteiger partial charge is 0.383 e. The van der Waals surface area contributed by atoms with Gasteiger partial charge in [0.15, 0.2) is 0 Å². The van der Waals surface area contributed by atoms with Crippen molar-refractivity contribution in [2.24, 2.45) is 0 Å². The van der Waals surface area contributed by atoms with Crippen molar-refractivity contribution < 1.29 is 14.1 Å². The number of aryl methyl sites for hydroxylation is 2. The van der Waals surface area contributed by atoms with E-state index in [0.717, 1.165) is 44.2 Å². The van der Waals surface area contributed by atoms with Crippen LogP contribution in [0.25, 0.3) is 0 Å². The maximum atomic E-state index is 12.1. The van der Waals surface area contributed by atoms with Crippen molar-refractivity contribution in [3.63, 3.8) is 0 Å². The summed E-state index contributed by atoms with van der Waals surface area (Å²) in [4.78, 5) is 16.3. The molecule has 1 N–H and O–H groups in total. The first-order valence-electron chi connectivity index (χ1n) is 7.73. The van der Waals surface area contributed by atoms with Crippen LogP contribution in [-0.2, 0) is 16.1 Å². The molecule has 0 aliphatic carbocycles. The highest BCUT2D eigenvalue weighted by Gasteiger charge is 2.22. The number of amides is 1. The summed E-state index contributed by atoms with van der Waals surface area (Å²) in [6, 6.07) is 0. The van der Waals surface area contributed by atoms with E-state index in [1.165, 1.54) is 5.56 Å². The van der Waals surface area contributed by atoms with Crippen LogP contribution in [-0.4, -0.2) is 73.8 Å². The smallest absolute Gasteiger partial charge is 0.236 e. The minimum Gasteiger partial charge on any atom is -0.383 e. The van der Waals surface area contributed by atoms with E-state index in [1.807, 2.05) is 18.7 Å². The van der Waals surface area contributed by atoms with Crippen LogP contribution in [0.5, 0.6) is 0 Å². The quantitative estimate of drug-likeness (QED) is 0.724. The van der Waals surface area contributed by atoms with Crippen molar-refractivity contribution in [1.29, 1.82) is 0 Å². The second-order valence-electron chi connectivity index (χ2n) is 5.63. The Hall–Kier alpha value is -1.44. The van der Waals surface area contributed by atoms with Crippen molar-refractivity contribution in [1.82, 2.24) is 20.3 Å². The van der Waals surface area contributed by atoms with E-state index in [-0.39, 0.29) is 5.91 Å². The summed E-state index contributed by atoms with van der Waals surface area (Å²) in [5.41, 5.74) is 2.12. The molecule has 1 amide bonds. The number of carbonyl (C=O) groups is 1. The maximum absolute atomic E-state index is 12.1. The molecule has 0 saturated carbocycles. The Kier molecular flexibility index (Phi) is 6.35. The third kappa shape index (κ3) is 4.53. The Bertz CT molecular complexity index is 462. The lowest BCUT2D eigenvalue weighted by molar-refractivity contribution is -0.132. The number of nitrogens with one attached hydrogen (secondary N) is 1. The highest BCUT2D eigenvalue weighted by Crippen LogP contribution is 2.16. The first-order chi connectivity index (χ1) is 10.6. The zero-order chi connectivity index (χ0) is 15.9. The van der Waals surface area contributed by atoms with Crippen LogP contribution < -0.4 is 5.32 Å². The van der Waals surface area contributed by atoms with E-state index in [0.29, 0.717) is 19.7 Å². The molecule has 1 aliphatic heterocycles. The first-order valence-corrected chi connectivity index (χ1v) is 7.73. The minimum atomic E-state index is 0.160. The van der Waals surface area contributed by atoms with Gasteiger partial charge in [-0.15, -0.1) is 0 Å². The van der Waals surface area contributed by atoms with Crippen molar-refractivity contribution in [2.45, 2.75) is 20.4 Å². The summed E-state index contributed by atoms with van der Waals surface area (Å²) in [6.07, 6.45) is 0. The molecule has 22 heavy (non-hydrogen) atoms. The average molecular weight is 310 g/mol. The van der Waals surface area contributed by atoms with Crippen LogP contribution in [0.15, 0.2) is 4.52 Å². The summed E-state index contributed by atoms with van der Waals surface area (Å²) in [5.74, 6) is 1.05. The highest BCUT2D eigenvalue weighted by atomic mass is 16.5. The van der Waals surface area contributed by atoms with Gasteiger partial charge >= 0.3 is 0 Å². The van der Waals surface area contributed by atoms with Gasteiger partial charge in [-0.05, 0) is 13.8 Å². The number of nitrogens with zero attached hydrogens (tertiary/aromatic N) is 3. The van der Waals surface area contributed by atoms with Crippen molar-refractivity contribution >= 4 is 5.91 Å². The van der Waals surface area contributed by atoms with Crippen LogP contribution in [0, 0.1) is 13.8 Å². The molecule has 0 bridgehead atoms. The molecule has 1 aromatic heterocycles. The number of methoxy groups -OCH3 is 1. The fourth-order valence-corrected chi connectivity index (χ4v) is 2.59. The van der Waals surface area contributed by atoms with E-state index in [4.69, 9.17) is 9.26 Å². The average Bonchev–Trinajstić information content (AvgIpc) is 2.84. The second-order valence-corrected chi connectivity index (χ2v) is 5.63. The Labute approximate surface area is 131 Å². The fraction of sp³-hybridized carbons (Fsp3) is 0.733. The molecule has 2 rings (SSSR count). The van der Waals surface area contributed by atoms with Crippen molar-refractivity contribution in [3.8, 4) is 0 Å². The van der Waals surface area contributed by atoms with Gasteiger partial charge in [0, 0.05) is 51.9 Å². The van der Waals surface area contributed by atoms with Crippen LogP contribution in [0.3, 0.4) is 0 Å². The van der Waals surface area contributed by atoms with Gasteiger partial charge in [0.25, 0.3) is 0 Å². The molecule has 0 unspecified atom stereocenters. The summed E-state index contributed by atoms with van der Waals surface area (Å²) >= 11 is 0. The van der Waals surface area contributed by atoms with Gasteiger partial charge in [-0.25, -0.2) is 0 Å². The second kappa shape index (κ2) is 8.26. The number of hydrogen-bond donors (Lipinski definition) is 1. The molecule has 0 radical (unpaired) electrons. The monoisotopic (exact) mass is 310 g/mol. The molecule has 124 valence electrons. The van der Waals surface area contributed by atoms with Gasteiger partial charge in [-0.3, -0.25) is 9.69 Å². The Balaban J connectivity index is 1.72. The highest BCUT2D eigenvalue weighted by molar-refractivity contribution is 5.78. The maximum Gasteiger partial charge on any atom is 0.236 e. The summed E-state index contributed by atoms with van der Waals surface area (Å²) in [6.45, 7) is 9.78. The molecule has 7 nitrogen and oxygen atoms in total. The Morgan fingerprint density at radius 1 is 1.32 bits per heavy atom. The zero-order valence-corrected chi connectivity index (χ0v) is 13.7. The molecule has 2 heterocycles. The van der Waals surface area contributed by atoms with Crippen molar-refractivity contribution in [3.05, 3.63) is 17.0 Å². The normalized spacial score (nSPS) is 16.2. The number of ether oxygens (including phenoxy) is 1. The summed E-state index contributed by atoms with van der Waals surface area (Å²) in [5, 5.41) is 7.08. The van der Waals surface area contributed by atoms with Crippen molar-refractivity contribution in [2.75, 3.05) is 53.0 Å². The molecule has 1 aliphatic rings. The predicted octanol–water partition coefficient (Wildman–Crippen LogP) is 0.172. The van der Waals surface area contributed by atoms with Crippen LogP contribution in [0.4, 0.5) is 0 Å². The van der Waals surface area contributed by atoms with Gasteiger partial charge in [-0.1, -0.05) is 5.16 Å². The Morgan fingerprint density at radius 3 is 2.64 bits per heavy atom. The SMILES string of the molecule is COCCNCC(=O)N1CCN(Cc2c(C)noc2C)CC1. The van der Waals surface area contributed by atoms with E-state index >= 15 is 0 Å². The third-order valence-electron chi connectivity index (χ3n) is 4.05. The molecule has 1 fully saturated rings. The lowest BCUT2D eigenvalue weighted by Crippen LogP contribution is -2.50. The predicted molar refractivity (Wildman–Crippen MR) is 82.6 cm³/mol.